The third kappa shape index (κ3) is 1.95. The van der Waals surface area contributed by atoms with Crippen molar-refractivity contribution in [3.8, 4) is 0 Å². The van der Waals surface area contributed by atoms with E-state index in [9.17, 15) is 9.59 Å². The van der Waals surface area contributed by atoms with Crippen molar-refractivity contribution in [2.24, 2.45) is 7.05 Å². The molecule has 0 spiro atoms. The lowest BCUT2D eigenvalue weighted by molar-refractivity contribution is -0.120. The molecule has 17 heavy (non-hydrogen) atoms. The van der Waals surface area contributed by atoms with Crippen molar-refractivity contribution in [1.29, 1.82) is 0 Å². The Kier molecular flexibility index (Phi) is 2.99. The highest BCUT2D eigenvalue weighted by Crippen LogP contribution is 2.11. The topological polar surface area (TPSA) is 56.0 Å². The summed E-state index contributed by atoms with van der Waals surface area (Å²) in [5.41, 5.74) is 1.66. The monoisotopic (exact) mass is 233 g/mol. The Morgan fingerprint density at radius 2 is 1.94 bits per heavy atom. The van der Waals surface area contributed by atoms with Crippen molar-refractivity contribution >= 4 is 16.9 Å². The average Bonchev–Trinajstić information content (AvgIpc) is 2.60. The average molecular weight is 233 g/mol. The van der Waals surface area contributed by atoms with Gasteiger partial charge >= 0.3 is 5.69 Å². The Morgan fingerprint density at radius 3 is 2.59 bits per heavy atom. The minimum atomic E-state index is -0.0879. The van der Waals surface area contributed by atoms with Gasteiger partial charge in [0.1, 0.15) is 0 Å². The third-order valence-corrected chi connectivity index (χ3v) is 2.89. The first-order valence-corrected chi connectivity index (χ1v) is 5.50. The van der Waals surface area contributed by atoms with Gasteiger partial charge in [0, 0.05) is 27.1 Å². The fourth-order valence-electron chi connectivity index (χ4n) is 1.92. The van der Waals surface area contributed by atoms with Crippen LogP contribution in [0.5, 0.6) is 0 Å². The molecule has 0 saturated heterocycles. The maximum atomic E-state index is 12.0. The highest BCUT2D eigenvalue weighted by atomic mass is 16.2. The molecule has 1 aromatic heterocycles. The summed E-state index contributed by atoms with van der Waals surface area (Å²) in [5.74, 6) is -0.0650. The van der Waals surface area contributed by atoms with Gasteiger partial charge in [-0.05, 0) is 12.1 Å². The second-order valence-electron chi connectivity index (χ2n) is 3.91. The Morgan fingerprint density at radius 1 is 1.29 bits per heavy atom. The molecule has 0 aliphatic carbocycles. The molecule has 5 heteroatoms. The van der Waals surface area contributed by atoms with E-state index in [1.165, 1.54) is 0 Å². The number of hydrogen-bond donors (Lipinski definition) is 1. The van der Waals surface area contributed by atoms with Gasteiger partial charge in [-0.25, -0.2) is 4.79 Å². The largest absolute Gasteiger partial charge is 0.359 e. The number of aryl methyl sites for hydroxylation is 2. The molecule has 0 bridgehead atoms. The second kappa shape index (κ2) is 4.45. The Bertz CT molecular complexity index is 610. The molecule has 2 aromatic rings. The van der Waals surface area contributed by atoms with E-state index < -0.39 is 0 Å². The summed E-state index contributed by atoms with van der Waals surface area (Å²) in [4.78, 5) is 23.2. The minimum Gasteiger partial charge on any atom is -0.359 e. The molecule has 0 aliphatic rings. The zero-order valence-electron chi connectivity index (χ0n) is 9.93. The van der Waals surface area contributed by atoms with Crippen molar-refractivity contribution in [3.05, 3.63) is 34.7 Å². The summed E-state index contributed by atoms with van der Waals surface area (Å²) < 4.78 is 3.23. The van der Waals surface area contributed by atoms with Crippen LogP contribution in [0.3, 0.4) is 0 Å². The molecule has 5 nitrogen and oxygen atoms in total. The van der Waals surface area contributed by atoms with Gasteiger partial charge in [-0.1, -0.05) is 12.1 Å². The third-order valence-electron chi connectivity index (χ3n) is 2.89. The van der Waals surface area contributed by atoms with E-state index in [0.29, 0.717) is 13.0 Å². The van der Waals surface area contributed by atoms with Gasteiger partial charge in [0.15, 0.2) is 0 Å². The van der Waals surface area contributed by atoms with Crippen molar-refractivity contribution in [3.63, 3.8) is 0 Å². The van der Waals surface area contributed by atoms with Crippen LogP contribution in [-0.4, -0.2) is 22.1 Å². The van der Waals surface area contributed by atoms with E-state index in [-0.39, 0.29) is 11.6 Å². The highest BCUT2D eigenvalue weighted by Gasteiger charge is 2.10. The van der Waals surface area contributed by atoms with Crippen LogP contribution in [0.1, 0.15) is 6.42 Å². The number of benzene rings is 1. The van der Waals surface area contributed by atoms with E-state index >= 15 is 0 Å². The van der Waals surface area contributed by atoms with Gasteiger partial charge in [-0.15, -0.1) is 0 Å². The predicted molar refractivity (Wildman–Crippen MR) is 65.9 cm³/mol. The van der Waals surface area contributed by atoms with Crippen molar-refractivity contribution in [1.82, 2.24) is 14.5 Å². The first kappa shape index (κ1) is 11.4. The molecule has 0 saturated carbocycles. The quantitative estimate of drug-likeness (QED) is 0.838. The maximum absolute atomic E-state index is 12.0. The van der Waals surface area contributed by atoms with E-state index in [4.69, 9.17) is 0 Å². The van der Waals surface area contributed by atoms with Gasteiger partial charge in [0.05, 0.1) is 11.0 Å². The number of amides is 1. The molecule has 2 rings (SSSR count). The molecule has 1 N–H and O–H groups in total. The number of nitrogens with zero attached hydrogens (tertiary/aromatic N) is 2. The molecule has 90 valence electrons. The van der Waals surface area contributed by atoms with Crippen LogP contribution in [0, 0.1) is 0 Å². The molecular formula is C12H15N3O2. The minimum absolute atomic E-state index is 0.0650. The summed E-state index contributed by atoms with van der Waals surface area (Å²) in [7, 11) is 3.33. The van der Waals surface area contributed by atoms with Gasteiger partial charge in [0.2, 0.25) is 5.91 Å². The molecule has 0 radical (unpaired) electrons. The molecular weight excluding hydrogens is 218 g/mol. The fraction of sp³-hybridized carbons (Fsp3) is 0.333. The van der Waals surface area contributed by atoms with E-state index in [1.807, 2.05) is 24.3 Å². The van der Waals surface area contributed by atoms with Crippen molar-refractivity contribution in [2.75, 3.05) is 7.05 Å². The number of carbonyl (C=O) groups is 1. The van der Waals surface area contributed by atoms with E-state index in [1.54, 1.807) is 23.2 Å². The zero-order chi connectivity index (χ0) is 12.4. The van der Waals surface area contributed by atoms with Gasteiger partial charge in [-0.3, -0.25) is 13.9 Å². The number of rotatable bonds is 3. The van der Waals surface area contributed by atoms with Gasteiger partial charge < -0.3 is 5.32 Å². The lowest BCUT2D eigenvalue weighted by atomic mass is 10.3. The molecule has 0 unspecified atom stereocenters. The molecule has 0 fully saturated rings. The van der Waals surface area contributed by atoms with Crippen LogP contribution in [0.25, 0.3) is 11.0 Å². The Labute approximate surface area is 98.7 Å². The second-order valence-corrected chi connectivity index (χ2v) is 3.91. The number of carbonyl (C=O) groups excluding carboxylic acids is 1. The number of aromatic nitrogens is 2. The predicted octanol–water partition coefficient (Wildman–Crippen LogP) is 0.476. The molecule has 1 aromatic carbocycles. The van der Waals surface area contributed by atoms with Crippen LogP contribution in [-0.2, 0) is 18.4 Å². The number of imidazole rings is 1. The SMILES string of the molecule is CNC(=O)CCn1c(=O)n(C)c2ccccc21. The van der Waals surface area contributed by atoms with E-state index in [2.05, 4.69) is 5.32 Å². The van der Waals surface area contributed by atoms with Crippen molar-refractivity contribution in [2.45, 2.75) is 13.0 Å². The number of nitrogens with one attached hydrogen (secondary N) is 1. The lowest BCUT2D eigenvalue weighted by Crippen LogP contribution is -2.26. The van der Waals surface area contributed by atoms with Crippen molar-refractivity contribution < 1.29 is 4.79 Å². The summed E-state index contributed by atoms with van der Waals surface area (Å²) in [6.45, 7) is 0.403. The summed E-state index contributed by atoms with van der Waals surface area (Å²) >= 11 is 0. The molecule has 0 aliphatic heterocycles. The normalized spacial score (nSPS) is 10.7. The van der Waals surface area contributed by atoms with Gasteiger partial charge in [0.25, 0.3) is 0 Å². The first-order valence-electron chi connectivity index (χ1n) is 5.50. The summed E-state index contributed by atoms with van der Waals surface area (Å²) in [6, 6.07) is 7.57. The fourth-order valence-corrected chi connectivity index (χ4v) is 1.92. The highest BCUT2D eigenvalue weighted by molar-refractivity contribution is 5.77. The Balaban J connectivity index is 2.43. The number of hydrogen-bond acceptors (Lipinski definition) is 2. The van der Waals surface area contributed by atoms with Crippen LogP contribution in [0.4, 0.5) is 0 Å². The van der Waals surface area contributed by atoms with E-state index in [0.717, 1.165) is 11.0 Å². The summed E-state index contributed by atoms with van der Waals surface area (Å²) in [5, 5.41) is 2.55. The summed E-state index contributed by atoms with van der Waals surface area (Å²) in [6.07, 6.45) is 0.310. The first-order chi connectivity index (χ1) is 8.15. The zero-order valence-corrected chi connectivity index (χ0v) is 9.93. The van der Waals surface area contributed by atoms with Crippen LogP contribution < -0.4 is 11.0 Å². The molecule has 1 amide bonds. The standard InChI is InChI=1S/C12H15N3O2/c1-13-11(16)7-8-15-10-6-4-3-5-9(10)14(2)12(15)17/h3-6H,7-8H2,1-2H3,(H,13,16). The Hall–Kier alpha value is -2.04. The maximum Gasteiger partial charge on any atom is 0.328 e. The lowest BCUT2D eigenvalue weighted by Gasteiger charge is -2.02. The molecule has 1 heterocycles. The van der Waals surface area contributed by atoms with Gasteiger partial charge in [-0.2, -0.15) is 0 Å². The smallest absolute Gasteiger partial charge is 0.328 e. The van der Waals surface area contributed by atoms with Crippen LogP contribution >= 0.6 is 0 Å². The number of fused-ring (bicyclic) bond motifs is 1. The van der Waals surface area contributed by atoms with Crippen LogP contribution in [0.15, 0.2) is 29.1 Å². The van der Waals surface area contributed by atoms with Crippen LogP contribution in [0.2, 0.25) is 0 Å². The number of para-hydroxylation sites is 2. The molecule has 0 atom stereocenters.